The monoisotopic (exact) mass is 193 g/mol. The zero-order chi connectivity index (χ0) is 10.0. The maximum atomic E-state index is 5.02. The molecule has 0 spiro atoms. The zero-order valence-corrected chi connectivity index (χ0v) is 8.50. The molecule has 1 aromatic heterocycles. The molecule has 1 aliphatic heterocycles. The van der Waals surface area contributed by atoms with Gasteiger partial charge in [0.2, 0.25) is 5.88 Å². The van der Waals surface area contributed by atoms with Crippen molar-refractivity contribution in [3.05, 3.63) is 23.9 Å². The number of pyridine rings is 1. The summed E-state index contributed by atoms with van der Waals surface area (Å²) in [4.78, 5) is 4.20. The molecule has 1 fully saturated rings. The minimum Gasteiger partial charge on any atom is -0.481 e. The zero-order valence-electron chi connectivity index (χ0n) is 8.50. The second kappa shape index (κ2) is 3.55. The molecule has 0 amide bonds. The van der Waals surface area contributed by atoms with E-state index >= 15 is 0 Å². The van der Waals surface area contributed by atoms with E-state index in [4.69, 9.17) is 4.74 Å². The van der Waals surface area contributed by atoms with Gasteiger partial charge in [0.15, 0.2) is 0 Å². The van der Waals surface area contributed by atoms with E-state index in [0.29, 0.717) is 5.88 Å². The first-order valence-electron chi connectivity index (χ1n) is 4.71. The van der Waals surface area contributed by atoms with Crippen LogP contribution in [-0.2, 0) is 5.54 Å². The lowest BCUT2D eigenvalue weighted by Gasteiger charge is -2.23. The van der Waals surface area contributed by atoms with Crippen molar-refractivity contribution in [3.63, 3.8) is 0 Å². The minimum atomic E-state index is -0.000723. The molecule has 1 atom stereocenters. The number of aromatic nitrogens is 1. The lowest BCUT2D eigenvalue weighted by Crippen LogP contribution is -2.35. The third kappa shape index (κ3) is 1.58. The van der Waals surface area contributed by atoms with Crippen LogP contribution < -0.4 is 15.4 Å². The van der Waals surface area contributed by atoms with Gasteiger partial charge in [-0.05, 0) is 12.5 Å². The third-order valence-corrected chi connectivity index (χ3v) is 2.66. The number of ether oxygens (including phenoxy) is 1. The first kappa shape index (κ1) is 9.43. The number of hydrogen-bond donors (Lipinski definition) is 2. The summed E-state index contributed by atoms with van der Waals surface area (Å²) < 4.78 is 5.02. The molecule has 2 N–H and O–H groups in total. The summed E-state index contributed by atoms with van der Waals surface area (Å²) in [6, 6.07) is 3.94. The van der Waals surface area contributed by atoms with E-state index in [1.807, 2.05) is 18.3 Å². The lowest BCUT2D eigenvalue weighted by atomic mass is 9.95. The van der Waals surface area contributed by atoms with Crippen molar-refractivity contribution in [2.75, 3.05) is 20.3 Å². The predicted octanol–water partition coefficient (Wildman–Crippen LogP) is 0.456. The summed E-state index contributed by atoms with van der Waals surface area (Å²) in [6.07, 6.45) is 1.86. The smallest absolute Gasteiger partial charge is 0.212 e. The third-order valence-electron chi connectivity index (χ3n) is 2.66. The molecule has 0 aliphatic carbocycles. The van der Waals surface area contributed by atoms with Crippen LogP contribution in [0.25, 0.3) is 0 Å². The maximum absolute atomic E-state index is 5.02. The van der Waals surface area contributed by atoms with Gasteiger partial charge in [-0.3, -0.25) is 5.32 Å². The van der Waals surface area contributed by atoms with E-state index in [1.165, 1.54) is 5.56 Å². The van der Waals surface area contributed by atoms with E-state index < -0.39 is 0 Å². The van der Waals surface area contributed by atoms with E-state index in [-0.39, 0.29) is 5.54 Å². The van der Waals surface area contributed by atoms with Crippen LogP contribution in [0.2, 0.25) is 0 Å². The molecular weight excluding hydrogens is 178 g/mol. The minimum absolute atomic E-state index is 0.000723. The van der Waals surface area contributed by atoms with Crippen LogP contribution in [-0.4, -0.2) is 25.3 Å². The second-order valence-corrected chi connectivity index (χ2v) is 3.70. The average Bonchev–Trinajstić information content (AvgIpc) is 2.67. The van der Waals surface area contributed by atoms with Crippen LogP contribution in [0.3, 0.4) is 0 Å². The molecular formula is C10H15N3O. The first-order valence-corrected chi connectivity index (χ1v) is 4.71. The standard InChI is InChI=1S/C10H15N3O/c1-10(6-11-7-13-10)8-3-4-9(14-2)12-5-8/h3-5,11,13H,6-7H2,1-2H3. The van der Waals surface area contributed by atoms with Gasteiger partial charge in [0, 0.05) is 25.5 Å². The Balaban J connectivity index is 2.23. The molecule has 4 heteroatoms. The van der Waals surface area contributed by atoms with E-state index in [9.17, 15) is 0 Å². The van der Waals surface area contributed by atoms with Crippen molar-refractivity contribution < 1.29 is 4.74 Å². The highest BCUT2D eigenvalue weighted by Gasteiger charge is 2.29. The first-order chi connectivity index (χ1) is 6.74. The van der Waals surface area contributed by atoms with Crippen molar-refractivity contribution in [1.29, 1.82) is 0 Å². The van der Waals surface area contributed by atoms with Gasteiger partial charge in [-0.1, -0.05) is 6.07 Å². The SMILES string of the molecule is COc1ccc(C2(C)CNCN2)cn1. The predicted molar refractivity (Wildman–Crippen MR) is 54.1 cm³/mol. The number of methoxy groups -OCH3 is 1. The summed E-state index contributed by atoms with van der Waals surface area (Å²) in [6.45, 7) is 3.94. The van der Waals surface area contributed by atoms with Gasteiger partial charge in [-0.25, -0.2) is 4.98 Å². The van der Waals surface area contributed by atoms with Gasteiger partial charge in [0.1, 0.15) is 0 Å². The lowest BCUT2D eigenvalue weighted by molar-refractivity contribution is 0.395. The number of nitrogens with one attached hydrogen (secondary N) is 2. The molecule has 0 radical (unpaired) electrons. The Bertz CT molecular complexity index is 304. The summed E-state index contributed by atoms with van der Waals surface area (Å²) >= 11 is 0. The number of nitrogens with zero attached hydrogens (tertiary/aromatic N) is 1. The molecule has 2 rings (SSSR count). The Morgan fingerprint density at radius 1 is 1.50 bits per heavy atom. The van der Waals surface area contributed by atoms with E-state index in [0.717, 1.165) is 13.2 Å². The van der Waals surface area contributed by atoms with E-state index in [2.05, 4.69) is 22.5 Å². The fraction of sp³-hybridized carbons (Fsp3) is 0.500. The van der Waals surface area contributed by atoms with Gasteiger partial charge >= 0.3 is 0 Å². The molecule has 0 saturated carbocycles. The highest BCUT2D eigenvalue weighted by Crippen LogP contribution is 2.22. The topological polar surface area (TPSA) is 46.2 Å². The summed E-state index contributed by atoms with van der Waals surface area (Å²) in [5.74, 6) is 0.656. The summed E-state index contributed by atoms with van der Waals surface area (Å²) in [5.41, 5.74) is 1.18. The summed E-state index contributed by atoms with van der Waals surface area (Å²) in [5, 5.41) is 6.66. The highest BCUT2D eigenvalue weighted by atomic mass is 16.5. The van der Waals surface area contributed by atoms with Gasteiger partial charge in [-0.15, -0.1) is 0 Å². The Kier molecular flexibility index (Phi) is 2.39. The van der Waals surface area contributed by atoms with Crippen LogP contribution >= 0.6 is 0 Å². The summed E-state index contributed by atoms with van der Waals surface area (Å²) in [7, 11) is 1.62. The van der Waals surface area contributed by atoms with Crippen molar-refractivity contribution in [3.8, 4) is 5.88 Å². The molecule has 1 saturated heterocycles. The van der Waals surface area contributed by atoms with Gasteiger partial charge in [0.25, 0.3) is 0 Å². The van der Waals surface area contributed by atoms with E-state index in [1.54, 1.807) is 7.11 Å². The average molecular weight is 193 g/mol. The fourth-order valence-corrected chi connectivity index (χ4v) is 1.66. The van der Waals surface area contributed by atoms with Crippen LogP contribution in [0.4, 0.5) is 0 Å². The van der Waals surface area contributed by atoms with Crippen LogP contribution in [0.1, 0.15) is 12.5 Å². The molecule has 1 aromatic rings. The van der Waals surface area contributed by atoms with Crippen LogP contribution in [0.5, 0.6) is 5.88 Å². The van der Waals surface area contributed by atoms with Crippen LogP contribution in [0.15, 0.2) is 18.3 Å². The maximum Gasteiger partial charge on any atom is 0.212 e. The Labute approximate surface area is 83.7 Å². The van der Waals surface area contributed by atoms with Gasteiger partial charge in [0.05, 0.1) is 12.6 Å². The van der Waals surface area contributed by atoms with Crippen molar-refractivity contribution in [2.24, 2.45) is 0 Å². The molecule has 0 bridgehead atoms. The second-order valence-electron chi connectivity index (χ2n) is 3.70. The molecule has 14 heavy (non-hydrogen) atoms. The molecule has 0 aromatic carbocycles. The number of rotatable bonds is 2. The fourth-order valence-electron chi connectivity index (χ4n) is 1.66. The molecule has 2 heterocycles. The molecule has 1 aliphatic rings. The van der Waals surface area contributed by atoms with Gasteiger partial charge < -0.3 is 10.1 Å². The molecule has 4 nitrogen and oxygen atoms in total. The molecule has 1 unspecified atom stereocenters. The van der Waals surface area contributed by atoms with Crippen molar-refractivity contribution in [1.82, 2.24) is 15.6 Å². The Morgan fingerprint density at radius 3 is 2.86 bits per heavy atom. The van der Waals surface area contributed by atoms with Crippen molar-refractivity contribution >= 4 is 0 Å². The Morgan fingerprint density at radius 2 is 2.36 bits per heavy atom. The van der Waals surface area contributed by atoms with Crippen molar-refractivity contribution in [2.45, 2.75) is 12.5 Å². The molecule has 76 valence electrons. The quantitative estimate of drug-likeness (QED) is 0.716. The largest absolute Gasteiger partial charge is 0.481 e. The van der Waals surface area contributed by atoms with Crippen LogP contribution in [0, 0.1) is 0 Å². The highest BCUT2D eigenvalue weighted by molar-refractivity contribution is 5.25. The normalized spacial score (nSPS) is 26.4. The Hall–Kier alpha value is -1.13. The van der Waals surface area contributed by atoms with Gasteiger partial charge in [-0.2, -0.15) is 0 Å². The number of hydrogen-bond acceptors (Lipinski definition) is 4.